The van der Waals surface area contributed by atoms with E-state index in [1.165, 1.54) is 6.07 Å². The molecule has 0 fully saturated rings. The molecule has 2 N–H and O–H groups in total. The number of halogens is 1. The monoisotopic (exact) mass is 308 g/mol. The molecule has 0 atom stereocenters. The number of benzene rings is 2. The molecule has 0 spiro atoms. The van der Waals surface area contributed by atoms with Crippen molar-refractivity contribution in [3.8, 4) is 17.6 Å². The van der Waals surface area contributed by atoms with Crippen LogP contribution in [0.3, 0.4) is 0 Å². The van der Waals surface area contributed by atoms with Gasteiger partial charge in [-0.2, -0.15) is 0 Å². The molecule has 0 aliphatic carbocycles. The number of fused-ring (bicyclic) bond motifs is 1. The summed E-state index contributed by atoms with van der Waals surface area (Å²) in [6, 6.07) is 12.2. The molecule has 0 bridgehead atoms. The van der Waals surface area contributed by atoms with Gasteiger partial charge in [0.1, 0.15) is 17.3 Å². The first-order valence-corrected chi connectivity index (χ1v) is 7.38. The topological polar surface area (TPSA) is 40.2 Å². The normalized spacial score (nSPS) is 10.4. The lowest BCUT2D eigenvalue weighted by molar-refractivity contribution is 0.415. The number of anilines is 1. The van der Waals surface area contributed by atoms with Crippen LogP contribution in [0.5, 0.6) is 5.75 Å². The number of methoxy groups -OCH3 is 1. The Morgan fingerprint density at radius 1 is 1.17 bits per heavy atom. The van der Waals surface area contributed by atoms with Gasteiger partial charge in [-0.05, 0) is 37.1 Å². The van der Waals surface area contributed by atoms with Crippen molar-refractivity contribution in [1.82, 2.24) is 4.57 Å². The highest BCUT2D eigenvalue weighted by molar-refractivity contribution is 5.96. The molecule has 116 valence electrons. The molecule has 0 aliphatic rings. The molecule has 4 heteroatoms. The van der Waals surface area contributed by atoms with Gasteiger partial charge in [0, 0.05) is 18.0 Å². The largest absolute Gasteiger partial charge is 0.497 e. The van der Waals surface area contributed by atoms with Gasteiger partial charge >= 0.3 is 0 Å². The van der Waals surface area contributed by atoms with Crippen molar-refractivity contribution in [2.45, 2.75) is 13.5 Å². The van der Waals surface area contributed by atoms with Gasteiger partial charge in [-0.3, -0.25) is 0 Å². The molecule has 0 saturated carbocycles. The Hall–Kier alpha value is -2.93. The summed E-state index contributed by atoms with van der Waals surface area (Å²) >= 11 is 0. The zero-order chi connectivity index (χ0) is 16.4. The van der Waals surface area contributed by atoms with Crippen LogP contribution < -0.4 is 10.5 Å². The standard InChI is InChI=1S/C19H17FN2O/c1-3-22-17(11-8-13-6-4-5-7-16(13)20)19(21)15-10-9-14(23-2)12-18(15)22/h4-7,9-10,12H,3,21H2,1-2H3. The van der Waals surface area contributed by atoms with Crippen molar-refractivity contribution >= 4 is 16.6 Å². The van der Waals surface area contributed by atoms with E-state index in [-0.39, 0.29) is 5.82 Å². The van der Waals surface area contributed by atoms with Crippen molar-refractivity contribution in [3.63, 3.8) is 0 Å². The fourth-order valence-corrected chi connectivity index (χ4v) is 2.64. The van der Waals surface area contributed by atoms with Crippen LogP contribution in [0.25, 0.3) is 10.9 Å². The maximum Gasteiger partial charge on any atom is 0.138 e. The quantitative estimate of drug-likeness (QED) is 0.732. The third kappa shape index (κ3) is 2.62. The molecule has 3 aromatic rings. The van der Waals surface area contributed by atoms with Crippen LogP contribution in [0.2, 0.25) is 0 Å². The maximum absolute atomic E-state index is 13.7. The van der Waals surface area contributed by atoms with Crippen LogP contribution >= 0.6 is 0 Å². The third-order valence-electron chi connectivity index (χ3n) is 3.82. The first kappa shape index (κ1) is 15.0. The SMILES string of the molecule is CCn1c(C#Cc2ccccc2F)c(N)c2ccc(OC)cc21. The Bertz CT molecular complexity index is 932. The molecule has 1 heterocycles. The van der Waals surface area contributed by atoms with Crippen LogP contribution in [-0.4, -0.2) is 11.7 Å². The minimum atomic E-state index is -0.334. The summed E-state index contributed by atoms with van der Waals surface area (Å²) in [5.74, 6) is 6.33. The van der Waals surface area contributed by atoms with Crippen LogP contribution in [0.4, 0.5) is 10.1 Å². The van der Waals surface area contributed by atoms with E-state index >= 15 is 0 Å². The van der Waals surface area contributed by atoms with Crippen molar-refractivity contribution in [1.29, 1.82) is 0 Å². The summed E-state index contributed by atoms with van der Waals surface area (Å²) in [5.41, 5.74) is 8.87. The fraction of sp³-hybridized carbons (Fsp3) is 0.158. The van der Waals surface area contributed by atoms with Crippen molar-refractivity contribution in [3.05, 3.63) is 59.5 Å². The average molecular weight is 308 g/mol. The molecular formula is C19H17FN2O. The molecule has 3 rings (SSSR count). The molecule has 0 radical (unpaired) electrons. The summed E-state index contributed by atoms with van der Waals surface area (Å²) in [5, 5.41) is 0.922. The molecule has 1 aromatic heterocycles. The molecule has 0 amide bonds. The van der Waals surface area contributed by atoms with Gasteiger partial charge in [-0.15, -0.1) is 0 Å². The average Bonchev–Trinajstić information content (AvgIpc) is 2.85. The molecule has 3 nitrogen and oxygen atoms in total. The Balaban J connectivity index is 2.18. The highest BCUT2D eigenvalue weighted by Crippen LogP contribution is 2.31. The van der Waals surface area contributed by atoms with Gasteiger partial charge < -0.3 is 15.0 Å². The van der Waals surface area contributed by atoms with Gasteiger partial charge in [0.05, 0.1) is 23.9 Å². The first-order chi connectivity index (χ1) is 11.2. The number of rotatable bonds is 2. The molecule has 2 aromatic carbocycles. The van der Waals surface area contributed by atoms with Gasteiger partial charge in [0.15, 0.2) is 0 Å². The number of nitrogens with two attached hydrogens (primary N) is 1. The molecular weight excluding hydrogens is 291 g/mol. The summed E-state index contributed by atoms with van der Waals surface area (Å²) in [6.45, 7) is 2.73. The van der Waals surface area contributed by atoms with Crippen LogP contribution in [0, 0.1) is 17.7 Å². The van der Waals surface area contributed by atoms with E-state index in [4.69, 9.17) is 10.5 Å². The Labute approximate surface area is 134 Å². The zero-order valence-electron chi connectivity index (χ0n) is 13.1. The summed E-state index contributed by atoms with van der Waals surface area (Å²) in [4.78, 5) is 0. The first-order valence-electron chi connectivity index (χ1n) is 7.38. The number of aromatic nitrogens is 1. The number of nitrogens with zero attached hydrogens (tertiary/aromatic N) is 1. The number of hydrogen-bond acceptors (Lipinski definition) is 2. The van der Waals surface area contributed by atoms with Crippen molar-refractivity contribution < 1.29 is 9.13 Å². The predicted molar refractivity (Wildman–Crippen MR) is 91.0 cm³/mol. The second-order valence-corrected chi connectivity index (χ2v) is 5.12. The third-order valence-corrected chi connectivity index (χ3v) is 3.82. The molecule has 23 heavy (non-hydrogen) atoms. The Morgan fingerprint density at radius 3 is 2.65 bits per heavy atom. The lowest BCUT2D eigenvalue weighted by atomic mass is 10.2. The van der Waals surface area contributed by atoms with E-state index in [9.17, 15) is 4.39 Å². The van der Waals surface area contributed by atoms with Gasteiger partial charge in [-0.1, -0.05) is 18.1 Å². The molecule has 0 unspecified atom stereocenters. The van der Waals surface area contributed by atoms with E-state index in [0.29, 0.717) is 23.5 Å². The molecule has 0 aliphatic heterocycles. The number of nitrogen functional groups attached to an aromatic ring is 1. The van der Waals surface area contributed by atoms with E-state index in [1.807, 2.05) is 29.7 Å². The smallest absolute Gasteiger partial charge is 0.138 e. The van der Waals surface area contributed by atoms with Crippen LogP contribution in [0.1, 0.15) is 18.2 Å². The van der Waals surface area contributed by atoms with Crippen molar-refractivity contribution in [2.24, 2.45) is 0 Å². The predicted octanol–water partition coefficient (Wildman–Crippen LogP) is 3.79. The number of ether oxygens (including phenoxy) is 1. The van der Waals surface area contributed by atoms with Crippen LogP contribution in [-0.2, 0) is 6.54 Å². The second-order valence-electron chi connectivity index (χ2n) is 5.12. The maximum atomic E-state index is 13.7. The lowest BCUT2D eigenvalue weighted by Gasteiger charge is -2.04. The van der Waals surface area contributed by atoms with Gasteiger partial charge in [0.25, 0.3) is 0 Å². The van der Waals surface area contributed by atoms with Gasteiger partial charge in [-0.25, -0.2) is 4.39 Å². The number of hydrogen-bond donors (Lipinski definition) is 1. The Kier molecular flexibility index (Phi) is 3.94. The Morgan fingerprint density at radius 2 is 1.96 bits per heavy atom. The van der Waals surface area contributed by atoms with E-state index < -0.39 is 0 Å². The van der Waals surface area contributed by atoms with E-state index in [1.54, 1.807) is 25.3 Å². The fourth-order valence-electron chi connectivity index (χ4n) is 2.64. The van der Waals surface area contributed by atoms with E-state index in [2.05, 4.69) is 11.8 Å². The summed E-state index contributed by atoms with van der Waals surface area (Å²) < 4.78 is 21.0. The van der Waals surface area contributed by atoms with E-state index in [0.717, 1.165) is 16.7 Å². The zero-order valence-corrected chi connectivity index (χ0v) is 13.1. The minimum Gasteiger partial charge on any atom is -0.497 e. The van der Waals surface area contributed by atoms with Gasteiger partial charge in [0.2, 0.25) is 0 Å². The second kappa shape index (κ2) is 6.05. The summed E-state index contributed by atoms with van der Waals surface area (Å²) in [7, 11) is 1.63. The van der Waals surface area contributed by atoms with Crippen molar-refractivity contribution in [2.75, 3.05) is 12.8 Å². The number of aryl methyl sites for hydroxylation is 1. The lowest BCUT2D eigenvalue weighted by Crippen LogP contribution is -1.99. The highest BCUT2D eigenvalue weighted by Gasteiger charge is 2.13. The minimum absolute atomic E-state index is 0.334. The van der Waals surface area contributed by atoms with Crippen LogP contribution in [0.15, 0.2) is 42.5 Å². The highest BCUT2D eigenvalue weighted by atomic mass is 19.1. The summed E-state index contributed by atoms with van der Waals surface area (Å²) in [6.07, 6.45) is 0. The molecule has 0 saturated heterocycles.